The van der Waals surface area contributed by atoms with Gasteiger partial charge in [0.1, 0.15) is 5.75 Å². The highest BCUT2D eigenvalue weighted by Gasteiger charge is 2.35. The largest absolute Gasteiger partial charge is 0.497 e. The molecule has 2 aromatic rings. The number of aryl methyl sites for hydroxylation is 1. The monoisotopic (exact) mass is 450 g/mol. The second-order valence-corrected chi connectivity index (χ2v) is 9.33. The van der Waals surface area contributed by atoms with Crippen LogP contribution in [-0.4, -0.2) is 55.3 Å². The molecule has 1 amide bonds. The zero-order valence-electron chi connectivity index (χ0n) is 17.4. The first-order chi connectivity index (χ1) is 14.7. The van der Waals surface area contributed by atoms with Gasteiger partial charge in [-0.2, -0.15) is 4.31 Å². The van der Waals surface area contributed by atoms with E-state index in [4.69, 9.17) is 4.74 Å². The number of hydrogen-bond acceptors (Lipinski definition) is 6. The number of hydrogen-bond donors (Lipinski definition) is 3. The van der Waals surface area contributed by atoms with Crippen LogP contribution in [0.3, 0.4) is 0 Å². The molecule has 1 atom stereocenters. The average Bonchev–Trinajstić information content (AvgIpc) is 2.73. The maximum Gasteiger partial charge on any atom is 0.325 e. The number of piperidine rings is 1. The number of nitrogens with one attached hydrogen (secondary N) is 3. The number of nitrogens with zero attached hydrogens (tertiary/aromatic N) is 1. The number of amides is 1. The molecule has 31 heavy (non-hydrogen) atoms. The van der Waals surface area contributed by atoms with E-state index in [-0.39, 0.29) is 24.7 Å². The standard InChI is InChI=1S/C20H26N4O6S/c1-13-17(19(26)23-20(27)22-13)31(28,29)24-11-3-4-15(12-24)18(25)21-10-9-14-5-7-16(30-2)8-6-14/h5-8,15H,3-4,9-12H2,1-2H3,(H,21,25)(H2,22,23,26,27)/t15-/m0/s1. The minimum absolute atomic E-state index is 0.0191. The van der Waals surface area contributed by atoms with Crippen LogP contribution in [0.2, 0.25) is 0 Å². The van der Waals surface area contributed by atoms with Crippen molar-refractivity contribution in [2.75, 3.05) is 26.7 Å². The van der Waals surface area contributed by atoms with Gasteiger partial charge in [0, 0.05) is 25.3 Å². The Morgan fingerprint density at radius 3 is 2.58 bits per heavy atom. The van der Waals surface area contributed by atoms with Gasteiger partial charge in [-0.05, 0) is 43.9 Å². The molecule has 0 unspecified atom stereocenters. The van der Waals surface area contributed by atoms with E-state index in [0.29, 0.717) is 25.8 Å². The summed E-state index contributed by atoms with van der Waals surface area (Å²) in [6, 6.07) is 7.54. The van der Waals surface area contributed by atoms with Crippen molar-refractivity contribution < 1.29 is 17.9 Å². The smallest absolute Gasteiger partial charge is 0.325 e. The highest BCUT2D eigenvalue weighted by atomic mass is 32.2. The van der Waals surface area contributed by atoms with Gasteiger partial charge in [0.25, 0.3) is 5.56 Å². The summed E-state index contributed by atoms with van der Waals surface area (Å²) in [6.45, 7) is 1.97. The number of methoxy groups -OCH3 is 1. The number of sulfonamides is 1. The zero-order chi connectivity index (χ0) is 22.6. The first-order valence-electron chi connectivity index (χ1n) is 9.96. The molecule has 168 valence electrons. The van der Waals surface area contributed by atoms with Gasteiger partial charge in [-0.15, -0.1) is 0 Å². The van der Waals surface area contributed by atoms with Crippen LogP contribution in [0.5, 0.6) is 5.75 Å². The molecule has 10 nitrogen and oxygen atoms in total. The molecule has 3 rings (SSSR count). The predicted octanol–water partition coefficient (Wildman–Crippen LogP) is 0.140. The maximum atomic E-state index is 13.0. The van der Waals surface area contributed by atoms with Crippen molar-refractivity contribution in [2.45, 2.75) is 31.1 Å². The molecular weight excluding hydrogens is 424 g/mol. The Morgan fingerprint density at radius 1 is 1.23 bits per heavy atom. The van der Waals surface area contributed by atoms with E-state index in [9.17, 15) is 22.8 Å². The van der Waals surface area contributed by atoms with Crippen LogP contribution in [0.15, 0.2) is 38.8 Å². The van der Waals surface area contributed by atoms with Crippen LogP contribution < -0.4 is 21.3 Å². The molecule has 1 aliphatic heterocycles. The number of H-pyrrole nitrogens is 2. The minimum atomic E-state index is -4.15. The summed E-state index contributed by atoms with van der Waals surface area (Å²) in [5.74, 6) is 0.0231. The molecule has 1 aliphatic rings. The van der Waals surface area contributed by atoms with E-state index in [2.05, 4.69) is 10.3 Å². The second-order valence-electron chi connectivity index (χ2n) is 7.45. The SMILES string of the molecule is COc1ccc(CCNC(=O)[C@H]2CCCN(S(=O)(=O)c3c(C)[nH]c(=O)[nH]c3=O)C2)cc1. The van der Waals surface area contributed by atoms with E-state index in [1.54, 1.807) is 7.11 Å². The van der Waals surface area contributed by atoms with Crippen LogP contribution in [0.4, 0.5) is 0 Å². The Morgan fingerprint density at radius 2 is 1.94 bits per heavy atom. The van der Waals surface area contributed by atoms with Crippen molar-refractivity contribution >= 4 is 15.9 Å². The molecule has 1 saturated heterocycles. The van der Waals surface area contributed by atoms with Crippen LogP contribution in [0.1, 0.15) is 24.1 Å². The molecule has 0 aliphatic carbocycles. The first kappa shape index (κ1) is 22.8. The lowest BCUT2D eigenvalue weighted by Crippen LogP contribution is -2.47. The van der Waals surface area contributed by atoms with Gasteiger partial charge in [-0.1, -0.05) is 12.1 Å². The summed E-state index contributed by atoms with van der Waals surface area (Å²) in [6.07, 6.45) is 1.69. The Hall–Kier alpha value is -2.92. The fourth-order valence-electron chi connectivity index (χ4n) is 3.67. The van der Waals surface area contributed by atoms with E-state index in [1.807, 2.05) is 29.2 Å². The summed E-state index contributed by atoms with van der Waals surface area (Å²) in [4.78, 5) is 39.8. The van der Waals surface area contributed by atoms with Gasteiger partial charge in [-0.25, -0.2) is 13.2 Å². The van der Waals surface area contributed by atoms with Crippen molar-refractivity contribution in [3.63, 3.8) is 0 Å². The highest BCUT2D eigenvalue weighted by molar-refractivity contribution is 7.89. The molecule has 1 aromatic heterocycles. The van der Waals surface area contributed by atoms with E-state index < -0.39 is 32.1 Å². The van der Waals surface area contributed by atoms with Crippen LogP contribution in [0.25, 0.3) is 0 Å². The van der Waals surface area contributed by atoms with Gasteiger partial charge in [0.15, 0.2) is 4.90 Å². The molecule has 3 N–H and O–H groups in total. The lowest BCUT2D eigenvalue weighted by Gasteiger charge is -2.31. The Labute approximate surface area is 179 Å². The number of aromatic nitrogens is 2. The van der Waals surface area contributed by atoms with Gasteiger partial charge < -0.3 is 15.0 Å². The average molecular weight is 451 g/mol. The summed E-state index contributed by atoms with van der Waals surface area (Å²) >= 11 is 0. The second kappa shape index (κ2) is 9.48. The molecule has 2 heterocycles. The van der Waals surface area contributed by atoms with Crippen molar-refractivity contribution in [1.29, 1.82) is 0 Å². The third-order valence-electron chi connectivity index (χ3n) is 5.30. The van der Waals surface area contributed by atoms with E-state index in [0.717, 1.165) is 15.6 Å². The van der Waals surface area contributed by atoms with Gasteiger partial charge in [-0.3, -0.25) is 14.6 Å². The molecule has 1 fully saturated rings. The van der Waals surface area contributed by atoms with Crippen molar-refractivity contribution in [3.8, 4) is 5.75 Å². The predicted molar refractivity (Wildman–Crippen MR) is 114 cm³/mol. The number of rotatable bonds is 7. The third-order valence-corrected chi connectivity index (χ3v) is 7.32. The van der Waals surface area contributed by atoms with Gasteiger partial charge in [0.05, 0.1) is 13.0 Å². The topological polar surface area (TPSA) is 141 Å². The number of ether oxygens (including phenoxy) is 1. The molecule has 0 radical (unpaired) electrons. The Bertz CT molecular complexity index is 1150. The number of aromatic amines is 2. The van der Waals surface area contributed by atoms with Crippen molar-refractivity contribution in [3.05, 3.63) is 56.4 Å². The minimum Gasteiger partial charge on any atom is -0.497 e. The van der Waals surface area contributed by atoms with E-state index >= 15 is 0 Å². The fraction of sp³-hybridized carbons (Fsp3) is 0.450. The summed E-state index contributed by atoms with van der Waals surface area (Å²) < 4.78 is 32.3. The third kappa shape index (κ3) is 5.23. The van der Waals surface area contributed by atoms with Crippen LogP contribution in [-0.2, 0) is 21.2 Å². The maximum absolute atomic E-state index is 13.0. The van der Waals surface area contributed by atoms with Crippen LogP contribution in [0, 0.1) is 12.8 Å². The summed E-state index contributed by atoms with van der Waals surface area (Å²) in [7, 11) is -2.55. The van der Waals surface area contributed by atoms with E-state index in [1.165, 1.54) is 6.92 Å². The summed E-state index contributed by atoms with van der Waals surface area (Å²) in [5.41, 5.74) is -0.719. The number of carbonyl (C=O) groups is 1. The summed E-state index contributed by atoms with van der Waals surface area (Å²) in [5, 5.41) is 2.86. The van der Waals surface area contributed by atoms with Gasteiger partial charge >= 0.3 is 5.69 Å². The highest BCUT2D eigenvalue weighted by Crippen LogP contribution is 2.23. The first-order valence-corrected chi connectivity index (χ1v) is 11.4. The molecule has 0 bridgehead atoms. The Kier molecular flexibility index (Phi) is 6.96. The molecule has 1 aromatic carbocycles. The molecule has 11 heteroatoms. The van der Waals surface area contributed by atoms with Crippen molar-refractivity contribution in [2.24, 2.45) is 5.92 Å². The lowest BCUT2D eigenvalue weighted by atomic mass is 9.99. The Balaban J connectivity index is 1.63. The molecular formula is C20H26N4O6S. The fourth-order valence-corrected chi connectivity index (χ4v) is 5.40. The van der Waals surface area contributed by atoms with Gasteiger partial charge in [0.2, 0.25) is 15.9 Å². The number of benzene rings is 1. The zero-order valence-corrected chi connectivity index (χ0v) is 18.3. The van der Waals surface area contributed by atoms with Crippen molar-refractivity contribution in [1.82, 2.24) is 19.6 Å². The lowest BCUT2D eigenvalue weighted by molar-refractivity contribution is -0.126. The quantitative estimate of drug-likeness (QED) is 0.548. The molecule has 0 saturated carbocycles. The molecule has 0 spiro atoms. The van der Waals surface area contributed by atoms with Crippen LogP contribution >= 0.6 is 0 Å². The number of carbonyl (C=O) groups excluding carboxylic acids is 1. The normalized spacial score (nSPS) is 17.3.